The summed E-state index contributed by atoms with van der Waals surface area (Å²) in [7, 11) is 1.45. The number of benzene rings is 2. The molecule has 0 aromatic heterocycles. The molecule has 0 bridgehead atoms. The number of halogens is 3. The number of hydrogen-bond donors (Lipinski definition) is 1. The van der Waals surface area contributed by atoms with Crippen molar-refractivity contribution in [2.24, 2.45) is 0 Å². The summed E-state index contributed by atoms with van der Waals surface area (Å²) in [6.07, 6.45) is 0.786. The van der Waals surface area contributed by atoms with E-state index in [1.54, 1.807) is 12.1 Å². The SMILES string of the molecule is COc1ccc(CNCCc2ccc(Cl)cc2Cl)cc1F. The fourth-order valence-corrected chi connectivity index (χ4v) is 2.50. The van der Waals surface area contributed by atoms with Gasteiger partial charge >= 0.3 is 0 Å². The first-order valence-corrected chi connectivity index (χ1v) is 7.33. The van der Waals surface area contributed by atoms with Gasteiger partial charge in [-0.05, 0) is 48.4 Å². The summed E-state index contributed by atoms with van der Waals surface area (Å²) < 4.78 is 18.4. The minimum Gasteiger partial charge on any atom is -0.494 e. The lowest BCUT2D eigenvalue weighted by molar-refractivity contribution is 0.386. The molecule has 0 atom stereocenters. The molecule has 0 saturated carbocycles. The van der Waals surface area contributed by atoms with E-state index < -0.39 is 0 Å². The first-order valence-electron chi connectivity index (χ1n) is 6.57. The van der Waals surface area contributed by atoms with Crippen molar-refractivity contribution in [2.75, 3.05) is 13.7 Å². The predicted octanol–water partition coefficient (Wildman–Crippen LogP) is 4.47. The molecule has 21 heavy (non-hydrogen) atoms. The highest BCUT2D eigenvalue weighted by atomic mass is 35.5. The van der Waals surface area contributed by atoms with E-state index in [4.69, 9.17) is 27.9 Å². The first kappa shape index (κ1) is 16.1. The third-order valence-corrected chi connectivity index (χ3v) is 3.72. The topological polar surface area (TPSA) is 21.3 Å². The van der Waals surface area contributed by atoms with E-state index in [2.05, 4.69) is 5.32 Å². The minimum absolute atomic E-state index is 0.256. The van der Waals surface area contributed by atoms with E-state index in [0.717, 1.165) is 24.1 Å². The molecular weight excluding hydrogens is 312 g/mol. The summed E-state index contributed by atoms with van der Waals surface area (Å²) in [6.45, 7) is 1.33. The molecule has 2 aromatic carbocycles. The third kappa shape index (κ3) is 4.60. The average molecular weight is 328 g/mol. The highest BCUT2D eigenvalue weighted by Gasteiger charge is 2.04. The van der Waals surface area contributed by atoms with Gasteiger partial charge in [-0.1, -0.05) is 35.3 Å². The van der Waals surface area contributed by atoms with Crippen LogP contribution in [0, 0.1) is 5.82 Å². The molecule has 0 fully saturated rings. The van der Waals surface area contributed by atoms with Crippen molar-refractivity contribution in [1.82, 2.24) is 5.32 Å². The maximum Gasteiger partial charge on any atom is 0.165 e. The Balaban J connectivity index is 1.83. The second-order valence-corrected chi connectivity index (χ2v) is 5.48. The van der Waals surface area contributed by atoms with E-state index in [1.165, 1.54) is 13.2 Å². The lowest BCUT2D eigenvalue weighted by Crippen LogP contribution is -2.17. The highest BCUT2D eigenvalue weighted by molar-refractivity contribution is 6.35. The summed E-state index contributed by atoms with van der Waals surface area (Å²) in [4.78, 5) is 0. The molecule has 0 saturated heterocycles. The lowest BCUT2D eigenvalue weighted by atomic mass is 10.1. The standard InChI is InChI=1S/C16H16Cl2FNO/c1-21-16-5-2-11(8-15(16)19)10-20-7-6-12-3-4-13(17)9-14(12)18/h2-5,8-9,20H,6-7,10H2,1H3. The van der Waals surface area contributed by atoms with Crippen molar-refractivity contribution in [1.29, 1.82) is 0 Å². The van der Waals surface area contributed by atoms with E-state index in [9.17, 15) is 4.39 Å². The molecule has 2 nitrogen and oxygen atoms in total. The van der Waals surface area contributed by atoms with Crippen LogP contribution in [0.15, 0.2) is 36.4 Å². The summed E-state index contributed by atoms with van der Waals surface area (Å²) in [5, 5.41) is 4.55. The van der Waals surface area contributed by atoms with Crippen molar-refractivity contribution >= 4 is 23.2 Å². The van der Waals surface area contributed by atoms with Gasteiger partial charge in [0.2, 0.25) is 0 Å². The minimum atomic E-state index is -0.349. The van der Waals surface area contributed by atoms with Gasteiger partial charge in [-0.2, -0.15) is 0 Å². The Hall–Kier alpha value is -1.29. The smallest absolute Gasteiger partial charge is 0.165 e. The fourth-order valence-electron chi connectivity index (χ4n) is 2.00. The molecule has 2 aromatic rings. The molecule has 0 aliphatic carbocycles. The summed E-state index contributed by atoms with van der Waals surface area (Å²) >= 11 is 12.0. The van der Waals surface area contributed by atoms with E-state index in [1.807, 2.05) is 18.2 Å². The van der Waals surface area contributed by atoms with Crippen LogP contribution in [0.2, 0.25) is 10.0 Å². The van der Waals surface area contributed by atoms with Gasteiger partial charge in [-0.15, -0.1) is 0 Å². The zero-order valence-corrected chi connectivity index (χ0v) is 13.1. The van der Waals surface area contributed by atoms with Crippen LogP contribution >= 0.6 is 23.2 Å². The molecule has 0 aliphatic heterocycles. The lowest BCUT2D eigenvalue weighted by Gasteiger charge is -2.08. The Morgan fingerprint density at radius 2 is 1.95 bits per heavy atom. The van der Waals surface area contributed by atoms with Gasteiger partial charge in [-0.3, -0.25) is 0 Å². The Bertz CT molecular complexity index is 619. The van der Waals surface area contributed by atoms with E-state index in [-0.39, 0.29) is 11.6 Å². The predicted molar refractivity (Wildman–Crippen MR) is 84.8 cm³/mol. The molecule has 0 spiro atoms. The summed E-state index contributed by atoms with van der Waals surface area (Å²) in [5.41, 5.74) is 1.91. The van der Waals surface area contributed by atoms with Crippen molar-refractivity contribution in [2.45, 2.75) is 13.0 Å². The van der Waals surface area contributed by atoms with Gasteiger partial charge in [0.05, 0.1) is 7.11 Å². The average Bonchev–Trinajstić information content (AvgIpc) is 2.45. The zero-order valence-electron chi connectivity index (χ0n) is 11.6. The van der Waals surface area contributed by atoms with Crippen molar-refractivity contribution in [3.05, 3.63) is 63.4 Å². The van der Waals surface area contributed by atoms with Crippen LogP contribution in [0.4, 0.5) is 4.39 Å². The Morgan fingerprint density at radius 3 is 2.62 bits per heavy atom. The van der Waals surface area contributed by atoms with Gasteiger partial charge < -0.3 is 10.1 Å². The zero-order chi connectivity index (χ0) is 15.2. The van der Waals surface area contributed by atoms with Crippen molar-refractivity contribution < 1.29 is 9.13 Å². The molecule has 5 heteroatoms. The highest BCUT2D eigenvalue weighted by Crippen LogP contribution is 2.21. The molecule has 1 N–H and O–H groups in total. The maximum absolute atomic E-state index is 13.5. The van der Waals surface area contributed by atoms with Crippen LogP contribution in [0.1, 0.15) is 11.1 Å². The fraction of sp³-hybridized carbons (Fsp3) is 0.250. The number of rotatable bonds is 6. The largest absolute Gasteiger partial charge is 0.494 e. The molecule has 0 radical (unpaired) electrons. The van der Waals surface area contributed by atoms with Gasteiger partial charge in [0, 0.05) is 16.6 Å². The normalized spacial score (nSPS) is 10.7. The number of nitrogens with one attached hydrogen (secondary N) is 1. The second kappa shape index (κ2) is 7.64. The number of ether oxygens (including phenoxy) is 1. The summed E-state index contributed by atoms with van der Waals surface area (Å²) in [5.74, 6) is -0.0933. The molecule has 0 aliphatic rings. The van der Waals surface area contributed by atoms with Gasteiger partial charge in [0.15, 0.2) is 11.6 Å². The second-order valence-electron chi connectivity index (χ2n) is 4.63. The molecule has 112 valence electrons. The number of hydrogen-bond acceptors (Lipinski definition) is 2. The van der Waals surface area contributed by atoms with Crippen molar-refractivity contribution in [3.8, 4) is 5.75 Å². The van der Waals surface area contributed by atoms with Gasteiger partial charge in [0.1, 0.15) is 0 Å². The number of methoxy groups -OCH3 is 1. The Morgan fingerprint density at radius 1 is 1.14 bits per heavy atom. The molecule has 2 rings (SSSR count). The van der Waals surface area contributed by atoms with Crippen LogP contribution in [0.5, 0.6) is 5.75 Å². The Labute approximate surface area is 133 Å². The van der Waals surface area contributed by atoms with E-state index >= 15 is 0 Å². The van der Waals surface area contributed by atoms with Crippen LogP contribution in [0.25, 0.3) is 0 Å². The van der Waals surface area contributed by atoms with E-state index in [0.29, 0.717) is 16.6 Å². The quantitative estimate of drug-likeness (QED) is 0.790. The van der Waals surface area contributed by atoms with Crippen LogP contribution < -0.4 is 10.1 Å². The summed E-state index contributed by atoms with van der Waals surface area (Å²) in [6, 6.07) is 10.4. The monoisotopic (exact) mass is 327 g/mol. The molecule has 0 heterocycles. The van der Waals surface area contributed by atoms with Crippen molar-refractivity contribution in [3.63, 3.8) is 0 Å². The third-order valence-electron chi connectivity index (χ3n) is 3.13. The van der Waals surface area contributed by atoms with Crippen LogP contribution in [-0.4, -0.2) is 13.7 Å². The molecule has 0 amide bonds. The van der Waals surface area contributed by atoms with Crippen LogP contribution in [0.3, 0.4) is 0 Å². The van der Waals surface area contributed by atoms with Crippen LogP contribution in [-0.2, 0) is 13.0 Å². The molecular formula is C16H16Cl2FNO. The van der Waals surface area contributed by atoms with Gasteiger partial charge in [0.25, 0.3) is 0 Å². The Kier molecular flexibility index (Phi) is 5.85. The van der Waals surface area contributed by atoms with Gasteiger partial charge in [-0.25, -0.2) is 4.39 Å². The first-order chi connectivity index (χ1) is 10.1. The maximum atomic E-state index is 13.5. The molecule has 0 unspecified atom stereocenters.